The molecule has 1 fully saturated rings. The van der Waals surface area contributed by atoms with E-state index in [1.165, 1.54) is 6.07 Å². The van der Waals surface area contributed by atoms with E-state index >= 15 is 0 Å². The highest BCUT2D eigenvalue weighted by Crippen LogP contribution is 2.34. The van der Waals surface area contributed by atoms with Crippen LogP contribution in [0.1, 0.15) is 21.5 Å². The van der Waals surface area contributed by atoms with Crippen molar-refractivity contribution >= 4 is 69.8 Å². The third-order valence-electron chi connectivity index (χ3n) is 4.63. The van der Waals surface area contributed by atoms with Crippen LogP contribution in [0.4, 0.5) is 4.79 Å². The average Bonchev–Trinajstić information content (AvgIpc) is 3.04. The first-order valence-electron chi connectivity index (χ1n) is 9.57. The molecule has 166 valence electrons. The number of carbonyl (C=O) groups excluding carboxylic acids is 3. The van der Waals surface area contributed by atoms with Gasteiger partial charge in [-0.2, -0.15) is 0 Å². The molecule has 0 spiro atoms. The van der Waals surface area contributed by atoms with Crippen molar-refractivity contribution in [3.05, 3.63) is 103 Å². The lowest BCUT2D eigenvalue weighted by Gasteiger charge is -2.13. The monoisotopic (exact) mass is 517 g/mol. The van der Waals surface area contributed by atoms with Gasteiger partial charge in [0.05, 0.1) is 27.1 Å². The van der Waals surface area contributed by atoms with E-state index in [2.05, 4.69) is 0 Å². The van der Waals surface area contributed by atoms with Crippen molar-refractivity contribution in [1.82, 2.24) is 4.90 Å². The van der Waals surface area contributed by atoms with Gasteiger partial charge in [-0.1, -0.05) is 59.1 Å². The molecule has 33 heavy (non-hydrogen) atoms. The third-order valence-corrected chi connectivity index (χ3v) is 6.51. The van der Waals surface area contributed by atoms with Gasteiger partial charge in [-0.25, -0.2) is 4.79 Å². The SMILES string of the molecule is O=C(Oc1cccc(/C=C2\SC(=O)N(Cc3ccc(Cl)c(Cl)c3)C2=O)c1)c1cccc(Cl)c1. The lowest BCUT2D eigenvalue weighted by atomic mass is 10.2. The number of halogens is 3. The van der Waals surface area contributed by atoms with Crippen molar-refractivity contribution in [1.29, 1.82) is 0 Å². The number of nitrogens with zero attached hydrogens (tertiary/aromatic N) is 1. The summed E-state index contributed by atoms with van der Waals surface area (Å²) in [4.78, 5) is 39.0. The molecule has 0 radical (unpaired) electrons. The highest BCUT2D eigenvalue weighted by atomic mass is 35.5. The molecule has 0 unspecified atom stereocenters. The molecule has 1 aliphatic rings. The first-order valence-corrected chi connectivity index (χ1v) is 11.5. The average molecular weight is 519 g/mol. The van der Waals surface area contributed by atoms with Crippen LogP contribution in [0.3, 0.4) is 0 Å². The second-order valence-corrected chi connectivity index (χ2v) is 9.23. The van der Waals surface area contributed by atoms with Crippen LogP contribution >= 0.6 is 46.6 Å². The first-order chi connectivity index (χ1) is 15.8. The van der Waals surface area contributed by atoms with E-state index in [9.17, 15) is 14.4 Å². The fraction of sp³-hybridized carbons (Fsp3) is 0.0417. The van der Waals surface area contributed by atoms with Crippen molar-refractivity contribution in [3.8, 4) is 5.75 Å². The normalized spacial score (nSPS) is 14.8. The van der Waals surface area contributed by atoms with Gasteiger partial charge in [0.25, 0.3) is 11.1 Å². The van der Waals surface area contributed by atoms with Crippen molar-refractivity contribution < 1.29 is 19.1 Å². The zero-order valence-corrected chi connectivity index (χ0v) is 19.8. The number of imide groups is 1. The minimum Gasteiger partial charge on any atom is -0.423 e. The third kappa shape index (κ3) is 5.60. The summed E-state index contributed by atoms with van der Waals surface area (Å²) in [6.45, 7) is 0.0795. The number of benzene rings is 3. The van der Waals surface area contributed by atoms with Crippen LogP contribution in [0.15, 0.2) is 71.6 Å². The number of amides is 2. The summed E-state index contributed by atoms with van der Waals surface area (Å²) in [7, 11) is 0. The first kappa shape index (κ1) is 23.4. The van der Waals surface area contributed by atoms with Crippen LogP contribution in [0.2, 0.25) is 15.1 Å². The van der Waals surface area contributed by atoms with Gasteiger partial charge in [-0.15, -0.1) is 0 Å². The quantitative estimate of drug-likeness (QED) is 0.205. The molecule has 2 amide bonds. The van der Waals surface area contributed by atoms with Crippen LogP contribution in [0.25, 0.3) is 6.08 Å². The molecular formula is C24H14Cl3NO4S. The maximum absolute atomic E-state index is 12.8. The molecule has 3 aromatic rings. The van der Waals surface area contributed by atoms with E-state index < -0.39 is 11.9 Å². The lowest BCUT2D eigenvalue weighted by Crippen LogP contribution is -2.27. The molecule has 9 heteroatoms. The van der Waals surface area contributed by atoms with Gasteiger partial charge < -0.3 is 4.74 Å². The molecule has 5 nitrogen and oxygen atoms in total. The Morgan fingerprint density at radius 2 is 1.73 bits per heavy atom. The smallest absolute Gasteiger partial charge is 0.343 e. The highest BCUT2D eigenvalue weighted by Gasteiger charge is 2.35. The molecule has 0 atom stereocenters. The summed E-state index contributed by atoms with van der Waals surface area (Å²) in [5.41, 5.74) is 1.60. The van der Waals surface area contributed by atoms with Crippen LogP contribution in [0.5, 0.6) is 5.75 Å². The molecule has 4 rings (SSSR count). The summed E-state index contributed by atoms with van der Waals surface area (Å²) in [6, 6.07) is 18.0. The van der Waals surface area contributed by atoms with Gasteiger partial charge in [0.1, 0.15) is 5.75 Å². The van der Waals surface area contributed by atoms with E-state index in [4.69, 9.17) is 39.5 Å². The second kappa shape index (κ2) is 10.0. The van der Waals surface area contributed by atoms with Gasteiger partial charge in [-0.05, 0) is 71.4 Å². The van der Waals surface area contributed by atoms with Crippen molar-refractivity contribution in [2.24, 2.45) is 0 Å². The van der Waals surface area contributed by atoms with E-state index in [1.54, 1.807) is 66.7 Å². The molecule has 3 aromatic carbocycles. The lowest BCUT2D eigenvalue weighted by molar-refractivity contribution is -0.123. The number of carbonyl (C=O) groups is 3. The topological polar surface area (TPSA) is 63.7 Å². The molecule has 1 saturated heterocycles. The van der Waals surface area contributed by atoms with Crippen molar-refractivity contribution in [2.45, 2.75) is 6.54 Å². The van der Waals surface area contributed by atoms with Crippen LogP contribution in [-0.4, -0.2) is 22.0 Å². The van der Waals surface area contributed by atoms with Gasteiger partial charge in [0, 0.05) is 5.02 Å². The number of esters is 1. The number of rotatable bonds is 5. The Labute approximate surface area is 208 Å². The molecular weight excluding hydrogens is 505 g/mol. The molecule has 0 aromatic heterocycles. The zero-order valence-electron chi connectivity index (χ0n) is 16.8. The number of hydrogen-bond acceptors (Lipinski definition) is 5. The fourth-order valence-corrected chi connectivity index (χ4v) is 4.41. The van der Waals surface area contributed by atoms with Crippen molar-refractivity contribution in [2.75, 3.05) is 0 Å². The Balaban J connectivity index is 1.49. The predicted octanol–water partition coefficient (Wildman–Crippen LogP) is 7.10. The Hall–Kier alpha value is -2.77. The Morgan fingerprint density at radius 1 is 0.939 bits per heavy atom. The molecule has 0 bridgehead atoms. The summed E-state index contributed by atoms with van der Waals surface area (Å²) in [6.07, 6.45) is 1.58. The Morgan fingerprint density at radius 3 is 2.48 bits per heavy atom. The van der Waals surface area contributed by atoms with Gasteiger partial charge in [0.15, 0.2) is 0 Å². The van der Waals surface area contributed by atoms with E-state index in [-0.39, 0.29) is 16.7 Å². The highest BCUT2D eigenvalue weighted by molar-refractivity contribution is 8.18. The summed E-state index contributed by atoms with van der Waals surface area (Å²) in [5.74, 6) is -0.683. The zero-order chi connectivity index (χ0) is 23.5. The minimum absolute atomic E-state index is 0.0795. The maximum atomic E-state index is 12.8. The number of thioether (sulfide) groups is 1. The van der Waals surface area contributed by atoms with E-state index in [0.29, 0.717) is 37.5 Å². The number of ether oxygens (including phenoxy) is 1. The Bertz CT molecular complexity index is 1310. The van der Waals surface area contributed by atoms with Crippen LogP contribution in [-0.2, 0) is 11.3 Å². The predicted molar refractivity (Wildman–Crippen MR) is 131 cm³/mol. The molecule has 1 heterocycles. The van der Waals surface area contributed by atoms with E-state index in [1.807, 2.05) is 0 Å². The summed E-state index contributed by atoms with van der Waals surface area (Å²) >= 11 is 18.7. The van der Waals surface area contributed by atoms with Crippen LogP contribution in [0, 0.1) is 0 Å². The largest absolute Gasteiger partial charge is 0.423 e. The van der Waals surface area contributed by atoms with Crippen LogP contribution < -0.4 is 4.74 Å². The second-order valence-electron chi connectivity index (χ2n) is 6.99. The number of hydrogen-bond donors (Lipinski definition) is 0. The molecule has 0 N–H and O–H groups in total. The Kier molecular flexibility index (Phi) is 7.10. The van der Waals surface area contributed by atoms with Gasteiger partial charge >= 0.3 is 5.97 Å². The fourth-order valence-electron chi connectivity index (χ4n) is 3.06. The van der Waals surface area contributed by atoms with Gasteiger partial charge in [-0.3, -0.25) is 14.5 Å². The summed E-state index contributed by atoms with van der Waals surface area (Å²) < 4.78 is 5.41. The maximum Gasteiger partial charge on any atom is 0.343 e. The van der Waals surface area contributed by atoms with Gasteiger partial charge in [0.2, 0.25) is 0 Å². The molecule has 1 aliphatic heterocycles. The molecule has 0 saturated carbocycles. The minimum atomic E-state index is -0.559. The standard InChI is InChI=1S/C24H14Cl3NO4S/c25-17-5-2-4-16(12-17)23(30)32-18-6-1-3-14(9-18)11-21-22(29)28(24(31)33-21)13-15-7-8-19(26)20(27)10-15/h1-12H,13H2/b21-11-. The van der Waals surface area contributed by atoms with Crippen molar-refractivity contribution in [3.63, 3.8) is 0 Å². The summed E-state index contributed by atoms with van der Waals surface area (Å²) in [5, 5.41) is 0.780. The van der Waals surface area contributed by atoms with E-state index in [0.717, 1.165) is 16.7 Å². The molecule has 0 aliphatic carbocycles.